The van der Waals surface area contributed by atoms with Crippen molar-refractivity contribution in [3.8, 4) is 0 Å². The normalized spacial score (nSPS) is 13.7. The first-order chi connectivity index (χ1) is 10.1. The summed E-state index contributed by atoms with van der Waals surface area (Å²) in [7, 11) is 2.10. The lowest BCUT2D eigenvalue weighted by Gasteiger charge is -2.23. The second kappa shape index (κ2) is 7.38. The summed E-state index contributed by atoms with van der Waals surface area (Å²) in [5.74, 6) is 0. The lowest BCUT2D eigenvalue weighted by atomic mass is 10.1. The first kappa shape index (κ1) is 15.7. The van der Waals surface area contributed by atoms with Crippen LogP contribution in [0.3, 0.4) is 0 Å². The SMILES string of the molecule is C/C(Cl)=C/Cn1cc(CN(C)C(C)c2ccccc2)nn1. The highest BCUT2D eigenvalue weighted by atomic mass is 35.5. The van der Waals surface area contributed by atoms with Crippen LogP contribution in [-0.4, -0.2) is 26.9 Å². The third-order valence-electron chi connectivity index (χ3n) is 3.50. The third-order valence-corrected chi connectivity index (χ3v) is 3.65. The van der Waals surface area contributed by atoms with Gasteiger partial charge in [0.1, 0.15) is 0 Å². The highest BCUT2D eigenvalue weighted by Crippen LogP contribution is 2.19. The molecule has 21 heavy (non-hydrogen) atoms. The first-order valence-electron chi connectivity index (χ1n) is 7.02. The summed E-state index contributed by atoms with van der Waals surface area (Å²) >= 11 is 5.82. The Kier molecular flexibility index (Phi) is 5.53. The van der Waals surface area contributed by atoms with Crippen molar-refractivity contribution in [1.29, 1.82) is 0 Å². The summed E-state index contributed by atoms with van der Waals surface area (Å²) < 4.78 is 1.79. The zero-order chi connectivity index (χ0) is 15.2. The second-order valence-electron chi connectivity index (χ2n) is 5.22. The zero-order valence-corrected chi connectivity index (χ0v) is 13.5. The molecule has 2 aromatic rings. The van der Waals surface area contributed by atoms with Gasteiger partial charge in [0.2, 0.25) is 0 Å². The van der Waals surface area contributed by atoms with Crippen molar-refractivity contribution in [3.05, 3.63) is 58.9 Å². The Morgan fingerprint density at radius 3 is 2.76 bits per heavy atom. The van der Waals surface area contributed by atoms with E-state index in [1.54, 1.807) is 4.68 Å². The standard InChI is InChI=1S/C16H21ClN4/c1-13(17)9-10-21-12-16(18-19-21)11-20(3)14(2)15-7-5-4-6-8-15/h4-9,12,14H,10-11H2,1-3H3/b13-9-. The van der Waals surface area contributed by atoms with Crippen LogP contribution in [0, 0.1) is 0 Å². The van der Waals surface area contributed by atoms with Crippen molar-refractivity contribution in [1.82, 2.24) is 19.9 Å². The van der Waals surface area contributed by atoms with Gasteiger partial charge in [-0.25, -0.2) is 4.68 Å². The van der Waals surface area contributed by atoms with Gasteiger partial charge in [-0.1, -0.05) is 47.1 Å². The van der Waals surface area contributed by atoms with Crippen molar-refractivity contribution in [3.63, 3.8) is 0 Å². The second-order valence-corrected chi connectivity index (χ2v) is 5.82. The van der Waals surface area contributed by atoms with Crippen LogP contribution in [0.15, 0.2) is 47.6 Å². The van der Waals surface area contributed by atoms with E-state index in [9.17, 15) is 0 Å². The summed E-state index contributed by atoms with van der Waals surface area (Å²) in [6.07, 6.45) is 3.88. The number of halogens is 1. The average Bonchev–Trinajstić information content (AvgIpc) is 2.92. The Labute approximate surface area is 131 Å². The minimum atomic E-state index is 0.335. The Balaban J connectivity index is 1.96. The van der Waals surface area contributed by atoms with Gasteiger partial charge in [0.25, 0.3) is 0 Å². The maximum Gasteiger partial charge on any atom is 0.0967 e. The summed E-state index contributed by atoms with van der Waals surface area (Å²) in [6.45, 7) is 5.47. The fourth-order valence-electron chi connectivity index (χ4n) is 2.10. The molecule has 1 heterocycles. The number of hydrogen-bond donors (Lipinski definition) is 0. The molecule has 1 unspecified atom stereocenters. The van der Waals surface area contributed by atoms with Crippen LogP contribution in [-0.2, 0) is 13.1 Å². The van der Waals surface area contributed by atoms with Gasteiger partial charge in [-0.3, -0.25) is 4.90 Å². The lowest BCUT2D eigenvalue weighted by molar-refractivity contribution is 0.250. The molecule has 0 aliphatic carbocycles. The maximum atomic E-state index is 5.82. The highest BCUT2D eigenvalue weighted by molar-refractivity contribution is 6.29. The molecule has 0 amide bonds. The van der Waals surface area contributed by atoms with Crippen molar-refractivity contribution in [2.24, 2.45) is 0 Å². The fraction of sp³-hybridized carbons (Fsp3) is 0.375. The van der Waals surface area contributed by atoms with Crippen molar-refractivity contribution < 1.29 is 0 Å². The number of allylic oxidation sites excluding steroid dienone is 2. The van der Waals surface area contributed by atoms with Crippen LogP contribution in [0.2, 0.25) is 0 Å². The molecule has 0 spiro atoms. The highest BCUT2D eigenvalue weighted by Gasteiger charge is 2.13. The molecule has 0 aliphatic rings. The molecule has 0 saturated carbocycles. The third kappa shape index (κ3) is 4.69. The van der Waals surface area contributed by atoms with Gasteiger partial charge in [-0.05, 0) is 32.5 Å². The molecule has 0 aliphatic heterocycles. The zero-order valence-electron chi connectivity index (χ0n) is 12.7. The minimum Gasteiger partial charge on any atom is -0.294 e. The molecule has 2 rings (SSSR count). The average molecular weight is 305 g/mol. The Morgan fingerprint density at radius 2 is 2.10 bits per heavy atom. The van der Waals surface area contributed by atoms with E-state index in [-0.39, 0.29) is 0 Å². The molecule has 4 nitrogen and oxygen atoms in total. The molecule has 0 radical (unpaired) electrons. The van der Waals surface area contributed by atoms with Crippen molar-refractivity contribution in [2.75, 3.05) is 7.05 Å². The molecule has 0 saturated heterocycles. The Hall–Kier alpha value is -1.65. The molecule has 1 aromatic carbocycles. The summed E-state index contributed by atoms with van der Waals surface area (Å²) in [4.78, 5) is 2.26. The van der Waals surface area contributed by atoms with Gasteiger partial charge >= 0.3 is 0 Å². The van der Waals surface area contributed by atoms with Crippen LogP contribution in [0.5, 0.6) is 0 Å². The molecule has 1 atom stereocenters. The summed E-state index contributed by atoms with van der Waals surface area (Å²) in [5.41, 5.74) is 2.26. The number of nitrogens with zero attached hydrogens (tertiary/aromatic N) is 4. The minimum absolute atomic E-state index is 0.335. The largest absolute Gasteiger partial charge is 0.294 e. The molecule has 0 bridgehead atoms. The smallest absolute Gasteiger partial charge is 0.0967 e. The molecular formula is C16H21ClN4. The molecule has 0 N–H and O–H groups in total. The number of aromatic nitrogens is 3. The molecular weight excluding hydrogens is 284 g/mol. The van der Waals surface area contributed by atoms with Gasteiger partial charge in [-0.2, -0.15) is 0 Å². The number of hydrogen-bond acceptors (Lipinski definition) is 3. The van der Waals surface area contributed by atoms with Crippen molar-refractivity contribution >= 4 is 11.6 Å². The van der Waals surface area contributed by atoms with E-state index in [2.05, 4.69) is 53.4 Å². The molecule has 112 valence electrons. The van der Waals surface area contributed by atoms with E-state index < -0.39 is 0 Å². The molecule has 5 heteroatoms. The van der Waals surface area contributed by atoms with Gasteiger partial charge in [0.15, 0.2) is 0 Å². The van der Waals surface area contributed by atoms with Gasteiger partial charge in [0.05, 0.1) is 18.4 Å². The van der Waals surface area contributed by atoms with Crippen LogP contribution in [0.1, 0.15) is 31.1 Å². The number of benzene rings is 1. The molecule has 1 aromatic heterocycles. The van der Waals surface area contributed by atoms with E-state index >= 15 is 0 Å². The Bertz CT molecular complexity index is 587. The van der Waals surface area contributed by atoms with Crippen LogP contribution in [0.25, 0.3) is 0 Å². The summed E-state index contributed by atoms with van der Waals surface area (Å²) in [6, 6.07) is 10.8. The van der Waals surface area contributed by atoms with Crippen LogP contribution >= 0.6 is 11.6 Å². The van der Waals surface area contributed by atoms with E-state index in [4.69, 9.17) is 11.6 Å². The quantitative estimate of drug-likeness (QED) is 0.817. The fourth-order valence-corrected chi connectivity index (χ4v) is 2.17. The van der Waals surface area contributed by atoms with Crippen LogP contribution < -0.4 is 0 Å². The van der Waals surface area contributed by atoms with Gasteiger partial charge < -0.3 is 0 Å². The predicted octanol–water partition coefficient (Wildman–Crippen LogP) is 3.61. The van der Waals surface area contributed by atoms with E-state index in [1.165, 1.54) is 5.56 Å². The first-order valence-corrected chi connectivity index (χ1v) is 7.40. The van der Waals surface area contributed by atoms with Crippen LogP contribution in [0.4, 0.5) is 0 Å². The monoisotopic (exact) mass is 304 g/mol. The lowest BCUT2D eigenvalue weighted by Crippen LogP contribution is -2.22. The maximum absolute atomic E-state index is 5.82. The van der Waals surface area contributed by atoms with E-state index in [0.29, 0.717) is 12.6 Å². The van der Waals surface area contributed by atoms with Gasteiger partial charge in [-0.15, -0.1) is 5.10 Å². The predicted molar refractivity (Wildman–Crippen MR) is 86.0 cm³/mol. The molecule has 0 fully saturated rings. The van der Waals surface area contributed by atoms with Crippen molar-refractivity contribution in [2.45, 2.75) is 33.0 Å². The topological polar surface area (TPSA) is 34.0 Å². The van der Waals surface area contributed by atoms with Gasteiger partial charge in [0, 0.05) is 17.6 Å². The summed E-state index contributed by atoms with van der Waals surface area (Å²) in [5, 5.41) is 9.08. The Morgan fingerprint density at radius 1 is 1.38 bits per heavy atom. The van der Waals surface area contributed by atoms with E-state index in [1.807, 2.05) is 25.3 Å². The number of rotatable bonds is 6. The van der Waals surface area contributed by atoms with E-state index in [0.717, 1.165) is 17.3 Å².